The third-order valence-corrected chi connectivity index (χ3v) is 4.58. The van der Waals surface area contributed by atoms with E-state index >= 15 is 0 Å². The summed E-state index contributed by atoms with van der Waals surface area (Å²) in [6.45, 7) is 10.7. The van der Waals surface area contributed by atoms with Crippen molar-refractivity contribution in [3.8, 4) is 5.75 Å². The Morgan fingerprint density at radius 1 is 1.30 bits per heavy atom. The molecule has 0 radical (unpaired) electrons. The minimum atomic E-state index is -0.311. The monoisotopic (exact) mass is 316 g/mol. The van der Waals surface area contributed by atoms with E-state index in [9.17, 15) is 0 Å². The van der Waals surface area contributed by atoms with Gasteiger partial charge < -0.3 is 14.2 Å². The van der Waals surface area contributed by atoms with Crippen LogP contribution in [0.25, 0.3) is 0 Å². The zero-order chi connectivity index (χ0) is 16.7. The molecule has 3 nitrogen and oxygen atoms in total. The van der Waals surface area contributed by atoms with E-state index in [1.54, 1.807) is 7.11 Å². The number of methoxy groups -OCH3 is 1. The normalized spacial score (nSPS) is 25.6. The van der Waals surface area contributed by atoms with Crippen LogP contribution in [-0.2, 0) is 9.47 Å². The molecule has 3 heteroatoms. The maximum atomic E-state index is 6.29. The van der Waals surface area contributed by atoms with E-state index in [1.165, 1.54) is 0 Å². The molecule has 126 valence electrons. The molecule has 1 aliphatic rings. The lowest BCUT2D eigenvalue weighted by Crippen LogP contribution is -2.39. The van der Waals surface area contributed by atoms with E-state index in [0.29, 0.717) is 18.4 Å². The summed E-state index contributed by atoms with van der Waals surface area (Å²) in [6, 6.07) is 7.87. The molecule has 2 rings (SSSR count). The third-order valence-electron chi connectivity index (χ3n) is 4.58. The maximum Gasteiger partial charge on any atom is 0.184 e. The molecule has 23 heavy (non-hydrogen) atoms. The van der Waals surface area contributed by atoms with Crippen molar-refractivity contribution in [3.63, 3.8) is 0 Å². The van der Waals surface area contributed by atoms with Gasteiger partial charge in [0.1, 0.15) is 5.75 Å². The number of allylic oxidation sites excluding steroid dienone is 2. The van der Waals surface area contributed by atoms with Gasteiger partial charge in [-0.05, 0) is 37.3 Å². The second kappa shape index (κ2) is 8.90. The van der Waals surface area contributed by atoms with Crippen LogP contribution in [0.15, 0.2) is 49.6 Å². The quantitative estimate of drug-likeness (QED) is 0.638. The van der Waals surface area contributed by atoms with Gasteiger partial charge in [0.2, 0.25) is 0 Å². The summed E-state index contributed by atoms with van der Waals surface area (Å²) >= 11 is 0. The fourth-order valence-electron chi connectivity index (χ4n) is 3.15. The van der Waals surface area contributed by atoms with Gasteiger partial charge in [0.05, 0.1) is 19.8 Å². The summed E-state index contributed by atoms with van der Waals surface area (Å²) < 4.78 is 17.5. The molecule has 0 bridgehead atoms. The van der Waals surface area contributed by atoms with Gasteiger partial charge in [-0.15, -0.1) is 13.2 Å². The second-order valence-corrected chi connectivity index (χ2v) is 5.95. The molecule has 0 unspecified atom stereocenters. The van der Waals surface area contributed by atoms with Crippen molar-refractivity contribution >= 4 is 0 Å². The Labute approximate surface area is 139 Å². The minimum absolute atomic E-state index is 0.164. The Morgan fingerprint density at radius 3 is 2.61 bits per heavy atom. The van der Waals surface area contributed by atoms with E-state index in [1.807, 2.05) is 36.4 Å². The van der Waals surface area contributed by atoms with Crippen molar-refractivity contribution in [2.24, 2.45) is 11.8 Å². The summed E-state index contributed by atoms with van der Waals surface area (Å²) in [5, 5.41) is 0. The van der Waals surface area contributed by atoms with Crippen LogP contribution in [0.3, 0.4) is 0 Å². The highest BCUT2D eigenvalue weighted by molar-refractivity contribution is 5.28. The fourth-order valence-corrected chi connectivity index (χ4v) is 3.15. The number of hydrogen-bond donors (Lipinski definition) is 0. The zero-order valence-corrected chi connectivity index (χ0v) is 14.2. The summed E-state index contributed by atoms with van der Waals surface area (Å²) in [4.78, 5) is 0. The molecule has 1 saturated heterocycles. The summed E-state index contributed by atoms with van der Waals surface area (Å²) in [5.41, 5.74) is 1.03. The van der Waals surface area contributed by atoms with Crippen LogP contribution >= 0.6 is 0 Å². The molecule has 0 saturated carbocycles. The predicted molar refractivity (Wildman–Crippen MR) is 93.5 cm³/mol. The summed E-state index contributed by atoms with van der Waals surface area (Å²) in [6.07, 6.45) is 6.81. The van der Waals surface area contributed by atoms with Crippen molar-refractivity contribution in [2.45, 2.75) is 38.6 Å². The highest BCUT2D eigenvalue weighted by Crippen LogP contribution is 2.36. The van der Waals surface area contributed by atoms with Crippen molar-refractivity contribution in [3.05, 3.63) is 55.1 Å². The molecule has 0 spiro atoms. The maximum absolute atomic E-state index is 6.29. The molecule has 1 aliphatic heterocycles. The first kappa shape index (κ1) is 17.8. The van der Waals surface area contributed by atoms with Crippen LogP contribution in [0.2, 0.25) is 0 Å². The molecule has 1 heterocycles. The molecule has 1 fully saturated rings. The summed E-state index contributed by atoms with van der Waals surface area (Å²) in [7, 11) is 1.67. The smallest absolute Gasteiger partial charge is 0.184 e. The lowest BCUT2D eigenvalue weighted by Gasteiger charge is -2.39. The molecule has 0 aromatic heterocycles. The molecular formula is C20H28O3. The average Bonchev–Trinajstić information content (AvgIpc) is 2.61. The topological polar surface area (TPSA) is 27.7 Å². The third kappa shape index (κ3) is 4.46. The predicted octanol–water partition coefficient (Wildman–Crippen LogP) is 4.90. The van der Waals surface area contributed by atoms with Crippen LogP contribution in [0.4, 0.5) is 0 Å². The number of rotatable bonds is 8. The summed E-state index contributed by atoms with van der Waals surface area (Å²) in [5.74, 6) is 1.61. The van der Waals surface area contributed by atoms with Crippen LogP contribution in [0.1, 0.15) is 38.0 Å². The lowest BCUT2D eigenvalue weighted by atomic mass is 9.83. The first-order valence-corrected chi connectivity index (χ1v) is 8.37. The Hall–Kier alpha value is -1.58. The van der Waals surface area contributed by atoms with E-state index < -0.39 is 0 Å². The number of ether oxygens (including phenoxy) is 3. The molecule has 1 aromatic carbocycles. The molecule has 1 aromatic rings. The lowest BCUT2D eigenvalue weighted by molar-refractivity contribution is -0.248. The Bertz CT molecular complexity index is 494. The average molecular weight is 316 g/mol. The van der Waals surface area contributed by atoms with Gasteiger partial charge in [0.25, 0.3) is 0 Å². The van der Waals surface area contributed by atoms with Crippen molar-refractivity contribution < 1.29 is 14.2 Å². The minimum Gasteiger partial charge on any atom is -0.497 e. The largest absolute Gasteiger partial charge is 0.497 e. The van der Waals surface area contributed by atoms with Gasteiger partial charge in [-0.2, -0.15) is 0 Å². The van der Waals surface area contributed by atoms with Gasteiger partial charge in [-0.25, -0.2) is 0 Å². The Morgan fingerprint density at radius 2 is 2.04 bits per heavy atom. The number of benzene rings is 1. The molecule has 0 N–H and O–H groups in total. The van der Waals surface area contributed by atoms with Crippen LogP contribution < -0.4 is 4.74 Å². The van der Waals surface area contributed by atoms with E-state index in [-0.39, 0.29) is 12.4 Å². The van der Waals surface area contributed by atoms with Crippen LogP contribution in [-0.4, -0.2) is 19.8 Å². The van der Waals surface area contributed by atoms with Gasteiger partial charge >= 0.3 is 0 Å². The fraction of sp³-hybridized carbons (Fsp3) is 0.500. The molecule has 0 aliphatic carbocycles. The molecule has 4 atom stereocenters. The van der Waals surface area contributed by atoms with Gasteiger partial charge in [0, 0.05) is 11.5 Å². The van der Waals surface area contributed by atoms with Crippen molar-refractivity contribution in [1.29, 1.82) is 0 Å². The first-order chi connectivity index (χ1) is 11.2. The van der Waals surface area contributed by atoms with Gasteiger partial charge in [-0.3, -0.25) is 0 Å². The van der Waals surface area contributed by atoms with Gasteiger partial charge in [0.15, 0.2) is 6.29 Å². The van der Waals surface area contributed by atoms with Crippen LogP contribution in [0, 0.1) is 11.8 Å². The highest BCUT2D eigenvalue weighted by atomic mass is 16.7. The zero-order valence-electron chi connectivity index (χ0n) is 14.2. The Balaban J connectivity index is 2.10. The van der Waals surface area contributed by atoms with E-state index in [4.69, 9.17) is 14.2 Å². The van der Waals surface area contributed by atoms with Crippen LogP contribution in [0.5, 0.6) is 5.75 Å². The second-order valence-electron chi connectivity index (χ2n) is 5.95. The SMILES string of the molecule is C=CCC[C@@H]1O[C@H](c2ccc(OC)cc2)OC[C@H]1[C@H](C=C)CC. The van der Waals surface area contributed by atoms with Crippen molar-refractivity contribution in [2.75, 3.05) is 13.7 Å². The van der Waals surface area contributed by atoms with Gasteiger partial charge in [-0.1, -0.05) is 31.2 Å². The highest BCUT2D eigenvalue weighted by Gasteiger charge is 2.35. The van der Waals surface area contributed by atoms with Crippen molar-refractivity contribution in [1.82, 2.24) is 0 Å². The molecule has 0 amide bonds. The molecular weight excluding hydrogens is 288 g/mol. The standard InChI is InChI=1S/C20H28O3/c1-5-8-9-19-18(15(6-2)7-3)14-22-20(23-19)16-10-12-17(21-4)13-11-16/h5-6,10-13,15,18-20H,1-2,7-9,14H2,3-4H3/t15-,18+,19+,20-/m1/s1. The van der Waals surface area contributed by atoms with E-state index in [2.05, 4.69) is 20.1 Å². The number of hydrogen-bond acceptors (Lipinski definition) is 3. The van der Waals surface area contributed by atoms with E-state index in [0.717, 1.165) is 30.6 Å². The first-order valence-electron chi connectivity index (χ1n) is 8.37. The Kier molecular flexibility index (Phi) is 6.87.